The van der Waals surface area contributed by atoms with Crippen LogP contribution in [0.5, 0.6) is 0 Å². The number of aromatic nitrogens is 3. The molecule has 4 N–H and O–H groups in total. The Morgan fingerprint density at radius 3 is 2.55 bits per heavy atom. The Kier molecular flexibility index (Phi) is 12.3. The van der Waals surface area contributed by atoms with Crippen molar-refractivity contribution >= 4 is 41.0 Å². The fourth-order valence-corrected chi connectivity index (χ4v) is 7.90. The van der Waals surface area contributed by atoms with Gasteiger partial charge in [0.1, 0.15) is 5.01 Å². The lowest BCUT2D eigenvalue weighted by atomic mass is 10.0. The van der Waals surface area contributed by atoms with Gasteiger partial charge in [0.2, 0.25) is 11.9 Å². The molecule has 0 spiro atoms. The van der Waals surface area contributed by atoms with Gasteiger partial charge >= 0.3 is 12.2 Å². The summed E-state index contributed by atoms with van der Waals surface area (Å²) in [7, 11) is 0. The van der Waals surface area contributed by atoms with Crippen LogP contribution in [0.2, 0.25) is 0 Å². The van der Waals surface area contributed by atoms with Gasteiger partial charge < -0.3 is 30.7 Å². The first-order valence-electron chi connectivity index (χ1n) is 15.5. The second-order valence-electron chi connectivity index (χ2n) is 11.1. The molecule has 254 valence electrons. The van der Waals surface area contributed by atoms with Gasteiger partial charge in [-0.1, -0.05) is 18.6 Å². The quantitative estimate of drug-likeness (QED) is 0.115. The monoisotopic (exact) mass is 693 g/mol. The highest BCUT2D eigenvalue weighted by Gasteiger charge is 2.42. The Morgan fingerprint density at radius 1 is 1.02 bits per heavy atom. The first-order chi connectivity index (χ1) is 22.7. The number of urea groups is 1. The van der Waals surface area contributed by atoms with E-state index in [2.05, 4.69) is 36.2 Å². The number of unbranched alkanes of at least 4 members (excludes halogenated alkanes) is 1. The Morgan fingerprint density at radius 2 is 1.79 bits per heavy atom. The minimum Gasteiger partial charge on any atom is -0.377 e. The Balaban J connectivity index is 0.903. The number of aryl methyl sites for hydroxylation is 1. The fraction of sp³-hybridized carbons (Fsp3) is 0.516. The number of carbonyl (C=O) groups is 2. The summed E-state index contributed by atoms with van der Waals surface area (Å²) >= 11 is 3.24. The van der Waals surface area contributed by atoms with Gasteiger partial charge in [0.05, 0.1) is 60.3 Å². The van der Waals surface area contributed by atoms with Gasteiger partial charge in [-0.05, 0) is 38.0 Å². The number of fused-ring (bicyclic) bond motifs is 1. The maximum atomic E-state index is 12.9. The molecular formula is C31H38F3N7O4S2. The summed E-state index contributed by atoms with van der Waals surface area (Å²) in [5.41, 5.74) is 1.30. The zero-order chi connectivity index (χ0) is 33.2. The third kappa shape index (κ3) is 10.0. The summed E-state index contributed by atoms with van der Waals surface area (Å²) in [6.45, 7) is 4.38. The van der Waals surface area contributed by atoms with Crippen LogP contribution in [0.1, 0.15) is 36.9 Å². The van der Waals surface area contributed by atoms with Crippen LogP contribution >= 0.6 is 23.1 Å². The highest BCUT2D eigenvalue weighted by atomic mass is 32.2. The van der Waals surface area contributed by atoms with Crippen LogP contribution in [0, 0.1) is 6.92 Å². The summed E-state index contributed by atoms with van der Waals surface area (Å²) in [6, 6.07) is 7.08. The number of benzene rings is 1. The molecule has 4 heterocycles. The first kappa shape index (κ1) is 34.9. The molecule has 5 rings (SSSR count). The van der Waals surface area contributed by atoms with E-state index < -0.39 is 11.7 Å². The van der Waals surface area contributed by atoms with E-state index >= 15 is 0 Å². The normalized spacial score (nSPS) is 18.9. The van der Waals surface area contributed by atoms with Crippen LogP contribution in [0.25, 0.3) is 21.1 Å². The van der Waals surface area contributed by atoms with Crippen molar-refractivity contribution < 1.29 is 32.2 Å². The Bertz CT molecular complexity index is 1490. The summed E-state index contributed by atoms with van der Waals surface area (Å²) in [5.74, 6) is 1.38. The number of ether oxygens (including phenoxy) is 2. The minimum absolute atomic E-state index is 0.0140. The van der Waals surface area contributed by atoms with Crippen LogP contribution in [-0.2, 0) is 20.4 Å². The van der Waals surface area contributed by atoms with E-state index in [1.54, 1.807) is 12.3 Å². The molecule has 16 heteroatoms. The number of thiazole rings is 1. The predicted octanol–water partition coefficient (Wildman–Crippen LogP) is 4.88. The van der Waals surface area contributed by atoms with Gasteiger partial charge in [0.25, 0.3) is 0 Å². The summed E-state index contributed by atoms with van der Waals surface area (Å²) in [5, 5.41) is 13.0. The Hall–Kier alpha value is -3.47. The Labute approximate surface area is 279 Å². The molecule has 3 atom stereocenters. The van der Waals surface area contributed by atoms with E-state index in [1.807, 2.05) is 18.7 Å². The molecule has 2 fully saturated rings. The standard InChI is InChI=1S/C31H38F3N7O4S2/c1-19-27(47-28(38-19)20-6-8-21(9-7-20)31(32,33)34)22-10-11-36-29(39-22)37-13-15-45-17-16-44-14-12-35-25(42)5-3-2-4-24-26-23(18-46-24)40-30(43)41-26/h6-11,23-24,26H,2-5,12-18H2,1H3,(H,35,42)(H,36,37,39)(H2,40,41,43)/t23-,24?,26-/m0/s1. The molecule has 1 aromatic carbocycles. The molecule has 2 aliphatic heterocycles. The van der Waals surface area contributed by atoms with Crippen molar-refractivity contribution in [3.63, 3.8) is 0 Å². The second-order valence-corrected chi connectivity index (χ2v) is 13.4. The average molecular weight is 694 g/mol. The van der Waals surface area contributed by atoms with Gasteiger partial charge in [-0.25, -0.2) is 19.7 Å². The summed E-state index contributed by atoms with van der Waals surface area (Å²) in [4.78, 5) is 37.7. The molecule has 2 saturated heterocycles. The van der Waals surface area contributed by atoms with E-state index in [0.717, 1.165) is 47.7 Å². The van der Waals surface area contributed by atoms with Crippen LogP contribution in [-0.4, -0.2) is 89.5 Å². The van der Waals surface area contributed by atoms with Crippen LogP contribution in [0.4, 0.5) is 23.9 Å². The molecule has 2 aromatic heterocycles. The van der Waals surface area contributed by atoms with Crippen molar-refractivity contribution in [2.24, 2.45) is 0 Å². The maximum Gasteiger partial charge on any atom is 0.416 e. The van der Waals surface area contributed by atoms with E-state index in [4.69, 9.17) is 9.47 Å². The maximum absolute atomic E-state index is 12.9. The molecule has 47 heavy (non-hydrogen) atoms. The number of hydrogen-bond acceptors (Lipinski definition) is 10. The van der Waals surface area contributed by atoms with Crippen molar-refractivity contribution in [3.8, 4) is 21.1 Å². The number of rotatable bonds is 17. The molecule has 0 aliphatic carbocycles. The van der Waals surface area contributed by atoms with E-state index in [0.29, 0.717) is 73.4 Å². The lowest BCUT2D eigenvalue weighted by molar-refractivity contribution is -0.137. The first-order valence-corrected chi connectivity index (χ1v) is 17.4. The highest BCUT2D eigenvalue weighted by molar-refractivity contribution is 8.00. The molecule has 0 bridgehead atoms. The smallest absolute Gasteiger partial charge is 0.377 e. The van der Waals surface area contributed by atoms with Gasteiger partial charge in [-0.3, -0.25) is 4.79 Å². The highest BCUT2D eigenvalue weighted by Crippen LogP contribution is 2.36. The van der Waals surface area contributed by atoms with Crippen molar-refractivity contribution in [1.29, 1.82) is 0 Å². The van der Waals surface area contributed by atoms with Gasteiger partial charge in [0, 0.05) is 42.3 Å². The largest absolute Gasteiger partial charge is 0.416 e. The number of carbonyl (C=O) groups excluding carboxylic acids is 2. The number of hydrogen-bond donors (Lipinski definition) is 4. The number of thioether (sulfide) groups is 1. The zero-order valence-corrected chi connectivity index (χ0v) is 27.5. The molecule has 3 amide bonds. The predicted molar refractivity (Wildman–Crippen MR) is 175 cm³/mol. The van der Waals surface area contributed by atoms with E-state index in [-0.39, 0.29) is 24.0 Å². The summed E-state index contributed by atoms with van der Waals surface area (Å²) in [6.07, 6.45) is 0.483. The number of halogens is 3. The van der Waals surface area contributed by atoms with Crippen molar-refractivity contribution in [2.75, 3.05) is 50.6 Å². The van der Waals surface area contributed by atoms with Gasteiger partial charge in [-0.2, -0.15) is 24.9 Å². The molecule has 0 saturated carbocycles. The van der Waals surface area contributed by atoms with Gasteiger partial charge in [0.15, 0.2) is 0 Å². The van der Waals surface area contributed by atoms with Crippen LogP contribution in [0.3, 0.4) is 0 Å². The van der Waals surface area contributed by atoms with Crippen molar-refractivity contribution in [1.82, 2.24) is 30.9 Å². The zero-order valence-electron chi connectivity index (χ0n) is 25.9. The van der Waals surface area contributed by atoms with Gasteiger partial charge in [-0.15, -0.1) is 11.3 Å². The van der Waals surface area contributed by atoms with Crippen LogP contribution in [0.15, 0.2) is 36.5 Å². The molecule has 11 nitrogen and oxygen atoms in total. The number of nitrogens with zero attached hydrogens (tertiary/aromatic N) is 3. The third-order valence-corrected chi connectivity index (χ3v) is 10.4. The van der Waals surface area contributed by atoms with E-state index in [9.17, 15) is 22.8 Å². The lowest BCUT2D eigenvalue weighted by Gasteiger charge is -2.16. The van der Waals surface area contributed by atoms with Crippen LogP contribution < -0.4 is 21.3 Å². The second kappa shape index (κ2) is 16.6. The van der Waals surface area contributed by atoms with Crippen molar-refractivity contribution in [2.45, 2.75) is 56.1 Å². The fourth-order valence-electron chi connectivity index (χ4n) is 5.31. The van der Waals surface area contributed by atoms with Crippen molar-refractivity contribution in [3.05, 3.63) is 47.8 Å². The average Bonchev–Trinajstić information content (AvgIpc) is 3.74. The third-order valence-electron chi connectivity index (χ3n) is 7.69. The SMILES string of the molecule is Cc1nc(-c2ccc(C(F)(F)F)cc2)sc1-c1ccnc(NCCOCCOCCNC(=O)CCCCC2SC[C@@H]3NC(=O)N[C@H]23)n1. The summed E-state index contributed by atoms with van der Waals surface area (Å²) < 4.78 is 49.9. The minimum atomic E-state index is -4.39. The topological polar surface area (TPSA) is 139 Å². The number of amides is 3. The molecule has 3 aromatic rings. The molecule has 1 unspecified atom stereocenters. The number of alkyl halides is 3. The molecular weight excluding hydrogens is 656 g/mol. The lowest BCUT2D eigenvalue weighted by Crippen LogP contribution is -2.36. The molecule has 0 radical (unpaired) electrons. The van der Waals surface area contributed by atoms with E-state index in [1.165, 1.54) is 23.5 Å². The molecule has 2 aliphatic rings. The number of anilines is 1. The number of nitrogens with one attached hydrogen (secondary N) is 4.